The lowest BCUT2D eigenvalue weighted by molar-refractivity contribution is 0.517. The van der Waals surface area contributed by atoms with Crippen LogP contribution in [0.1, 0.15) is 167 Å². The van der Waals surface area contributed by atoms with Gasteiger partial charge in [0.2, 0.25) is 0 Å². The molecule has 0 fully saturated rings. The molecular formula is C30H58. The van der Waals surface area contributed by atoms with Gasteiger partial charge in [0.25, 0.3) is 0 Å². The Labute approximate surface area is 193 Å². The first-order valence-corrected chi connectivity index (χ1v) is 14.1. The fraction of sp³-hybridized carbons (Fsp3) is 0.867. The molecule has 0 heterocycles. The second-order valence-corrected chi connectivity index (χ2v) is 9.53. The summed E-state index contributed by atoms with van der Waals surface area (Å²) in [4.78, 5) is 0. The second-order valence-electron chi connectivity index (χ2n) is 9.53. The van der Waals surface area contributed by atoms with E-state index in [0.29, 0.717) is 0 Å². The van der Waals surface area contributed by atoms with Crippen LogP contribution in [-0.2, 0) is 0 Å². The topological polar surface area (TPSA) is 0 Å². The maximum absolute atomic E-state index is 3.92. The lowest BCUT2D eigenvalue weighted by atomic mass is 10.0. The number of hydrogen-bond acceptors (Lipinski definition) is 0. The summed E-state index contributed by atoms with van der Waals surface area (Å²) in [5.41, 5.74) is 0. The Morgan fingerprint density at radius 3 is 0.833 bits per heavy atom. The Morgan fingerprint density at radius 1 is 0.300 bits per heavy atom. The van der Waals surface area contributed by atoms with Gasteiger partial charge < -0.3 is 0 Å². The van der Waals surface area contributed by atoms with Crippen molar-refractivity contribution in [1.29, 1.82) is 0 Å². The molecule has 0 aliphatic heterocycles. The van der Waals surface area contributed by atoms with E-state index >= 15 is 0 Å². The van der Waals surface area contributed by atoms with Crippen molar-refractivity contribution in [3.8, 4) is 0 Å². The van der Waals surface area contributed by atoms with Gasteiger partial charge in [-0.25, -0.2) is 0 Å². The van der Waals surface area contributed by atoms with Crippen LogP contribution in [-0.4, -0.2) is 0 Å². The third-order valence-corrected chi connectivity index (χ3v) is 6.45. The number of hydrogen-bond donors (Lipinski definition) is 0. The zero-order valence-corrected chi connectivity index (χ0v) is 21.0. The smallest absolute Gasteiger partial charge is 0.0351 e. The average molecular weight is 419 g/mol. The summed E-state index contributed by atoms with van der Waals surface area (Å²) in [5.74, 6) is 0. The molecule has 0 spiro atoms. The monoisotopic (exact) mass is 418 g/mol. The molecule has 178 valence electrons. The van der Waals surface area contributed by atoms with Crippen LogP contribution in [0, 0.1) is 13.8 Å². The minimum Gasteiger partial charge on any atom is -0.0885 e. The van der Waals surface area contributed by atoms with Crippen LogP contribution in [0.5, 0.6) is 0 Å². The second kappa shape index (κ2) is 28.7. The molecule has 2 radical (unpaired) electrons. The van der Waals surface area contributed by atoms with E-state index in [1.54, 1.807) is 0 Å². The van der Waals surface area contributed by atoms with Gasteiger partial charge in [0, 0.05) is 0 Å². The van der Waals surface area contributed by atoms with E-state index in [0.717, 1.165) is 12.8 Å². The molecule has 0 saturated carbocycles. The van der Waals surface area contributed by atoms with E-state index in [2.05, 4.69) is 26.0 Å². The fourth-order valence-corrected chi connectivity index (χ4v) is 4.39. The van der Waals surface area contributed by atoms with Gasteiger partial charge >= 0.3 is 0 Å². The van der Waals surface area contributed by atoms with Gasteiger partial charge in [0.1, 0.15) is 0 Å². The molecule has 0 N–H and O–H groups in total. The van der Waals surface area contributed by atoms with Crippen LogP contribution in [0.15, 0.2) is 12.2 Å². The minimum absolute atomic E-state index is 0.943. The fourth-order valence-electron chi connectivity index (χ4n) is 4.39. The summed E-state index contributed by atoms with van der Waals surface area (Å²) in [6.07, 6.45) is 41.3. The highest BCUT2D eigenvalue weighted by molar-refractivity contribution is 4.81. The van der Waals surface area contributed by atoms with Crippen LogP contribution in [0.25, 0.3) is 0 Å². The predicted molar refractivity (Wildman–Crippen MR) is 140 cm³/mol. The lowest BCUT2D eigenvalue weighted by Crippen LogP contribution is -1.84. The largest absolute Gasteiger partial charge is 0.0885 e. The van der Waals surface area contributed by atoms with Gasteiger partial charge in [-0.3, -0.25) is 0 Å². The molecule has 0 amide bonds. The lowest BCUT2D eigenvalue weighted by Gasteiger charge is -2.04. The highest BCUT2D eigenvalue weighted by Gasteiger charge is 1.96. The Hall–Kier alpha value is -0.260. The summed E-state index contributed by atoms with van der Waals surface area (Å²) >= 11 is 0. The molecule has 0 aromatic rings. The van der Waals surface area contributed by atoms with Crippen molar-refractivity contribution in [3.05, 3.63) is 26.0 Å². The minimum atomic E-state index is 0.943. The molecule has 0 aromatic carbocycles. The Kier molecular flexibility index (Phi) is 28.5. The number of allylic oxidation sites excluding steroid dienone is 2. The Morgan fingerprint density at radius 2 is 0.567 bits per heavy atom. The molecule has 0 nitrogen and oxygen atoms in total. The van der Waals surface area contributed by atoms with E-state index in [1.807, 2.05) is 0 Å². The van der Waals surface area contributed by atoms with Gasteiger partial charge in [-0.2, -0.15) is 0 Å². The van der Waals surface area contributed by atoms with Crippen molar-refractivity contribution in [2.45, 2.75) is 167 Å². The van der Waals surface area contributed by atoms with Gasteiger partial charge in [0.15, 0.2) is 0 Å². The predicted octanol–water partition coefficient (Wildman–Crippen LogP) is 11.4. The van der Waals surface area contributed by atoms with Crippen LogP contribution in [0.3, 0.4) is 0 Å². The Bertz CT molecular complexity index is 303. The molecular weight excluding hydrogens is 360 g/mol. The summed E-state index contributed by atoms with van der Waals surface area (Å²) < 4.78 is 0. The summed E-state index contributed by atoms with van der Waals surface area (Å²) in [5, 5.41) is 0. The van der Waals surface area contributed by atoms with Crippen molar-refractivity contribution in [2.24, 2.45) is 0 Å². The molecule has 0 saturated heterocycles. The molecule has 0 aliphatic carbocycles. The SMILES string of the molecule is [CH2]CC=CCCCCCCCCCCCCCCCCCCCCCCCCC[CH2]. The highest BCUT2D eigenvalue weighted by atomic mass is 14.0. The molecule has 0 rings (SSSR count). The van der Waals surface area contributed by atoms with E-state index < -0.39 is 0 Å². The third-order valence-electron chi connectivity index (χ3n) is 6.45. The average Bonchev–Trinajstić information content (AvgIpc) is 2.76. The Balaban J connectivity index is 2.99. The number of rotatable bonds is 26. The zero-order valence-electron chi connectivity index (χ0n) is 21.0. The van der Waals surface area contributed by atoms with Crippen LogP contribution in [0.4, 0.5) is 0 Å². The first-order chi connectivity index (χ1) is 14.9. The van der Waals surface area contributed by atoms with E-state index in [-0.39, 0.29) is 0 Å². The standard InChI is InChI=1S/C30H58/c1-3-5-7-9-11-13-15-17-19-21-23-25-27-29-30-28-26-24-22-20-18-16-14-12-10-8-6-4-2/h5,7H,1-4,6,8-30H2. The first kappa shape index (κ1) is 29.7. The van der Waals surface area contributed by atoms with Gasteiger partial charge in [-0.05, 0) is 26.2 Å². The molecule has 0 aliphatic rings. The van der Waals surface area contributed by atoms with Crippen molar-refractivity contribution >= 4 is 0 Å². The third kappa shape index (κ3) is 27.7. The normalized spacial score (nSPS) is 11.7. The first-order valence-electron chi connectivity index (χ1n) is 14.1. The van der Waals surface area contributed by atoms with Crippen molar-refractivity contribution in [3.63, 3.8) is 0 Å². The van der Waals surface area contributed by atoms with Gasteiger partial charge in [0.05, 0.1) is 0 Å². The van der Waals surface area contributed by atoms with Crippen molar-refractivity contribution < 1.29 is 0 Å². The van der Waals surface area contributed by atoms with Crippen LogP contribution >= 0.6 is 0 Å². The summed E-state index contributed by atoms with van der Waals surface area (Å²) in [7, 11) is 0. The van der Waals surface area contributed by atoms with Gasteiger partial charge in [-0.15, -0.1) is 0 Å². The molecule has 0 heteroatoms. The van der Waals surface area contributed by atoms with Crippen molar-refractivity contribution in [1.82, 2.24) is 0 Å². The quantitative estimate of drug-likeness (QED) is 0.0967. The molecule has 0 aromatic heterocycles. The molecule has 0 atom stereocenters. The summed E-state index contributed by atoms with van der Waals surface area (Å²) in [6, 6.07) is 0. The van der Waals surface area contributed by atoms with Gasteiger partial charge in [-0.1, -0.05) is 167 Å². The van der Waals surface area contributed by atoms with E-state index in [1.165, 1.54) is 154 Å². The van der Waals surface area contributed by atoms with E-state index in [9.17, 15) is 0 Å². The zero-order chi connectivity index (χ0) is 21.8. The maximum atomic E-state index is 3.92. The van der Waals surface area contributed by atoms with Crippen molar-refractivity contribution in [2.75, 3.05) is 0 Å². The van der Waals surface area contributed by atoms with E-state index in [4.69, 9.17) is 0 Å². The molecule has 0 bridgehead atoms. The number of unbranched alkanes of at least 4 members (excludes halogenated alkanes) is 24. The van der Waals surface area contributed by atoms with Crippen LogP contribution < -0.4 is 0 Å². The molecule has 30 heavy (non-hydrogen) atoms. The highest BCUT2D eigenvalue weighted by Crippen LogP contribution is 2.15. The molecule has 0 unspecified atom stereocenters. The maximum Gasteiger partial charge on any atom is -0.0351 e. The van der Waals surface area contributed by atoms with Crippen LogP contribution in [0.2, 0.25) is 0 Å². The summed E-state index contributed by atoms with van der Waals surface area (Å²) in [6.45, 7) is 7.74.